The van der Waals surface area contributed by atoms with E-state index in [1.165, 1.54) is 77.0 Å². The molecule has 2 N–H and O–H groups in total. The van der Waals surface area contributed by atoms with E-state index in [0.29, 0.717) is 22.3 Å². The van der Waals surface area contributed by atoms with E-state index in [4.69, 9.17) is 5.73 Å². The Morgan fingerprint density at radius 3 is 2.24 bits per heavy atom. The number of hydrogen-bond donors (Lipinski definition) is 1. The first-order chi connectivity index (χ1) is 13.6. The van der Waals surface area contributed by atoms with Crippen molar-refractivity contribution in [3.05, 3.63) is 0 Å². The van der Waals surface area contributed by atoms with Crippen molar-refractivity contribution in [3.8, 4) is 0 Å². The second-order valence-electron chi connectivity index (χ2n) is 13.3. The molecule has 1 heteroatoms. The third-order valence-corrected chi connectivity index (χ3v) is 11.8. The van der Waals surface area contributed by atoms with Gasteiger partial charge in [0.25, 0.3) is 0 Å². The molecule has 0 aromatic heterocycles. The van der Waals surface area contributed by atoms with Crippen molar-refractivity contribution >= 4 is 0 Å². The van der Waals surface area contributed by atoms with Crippen LogP contribution in [0.2, 0.25) is 0 Å². The third-order valence-electron chi connectivity index (χ3n) is 11.8. The molecule has 0 radical (unpaired) electrons. The van der Waals surface area contributed by atoms with E-state index in [1.807, 2.05) is 0 Å². The molecule has 4 aliphatic carbocycles. The molecule has 4 fully saturated rings. The van der Waals surface area contributed by atoms with Crippen LogP contribution in [0.15, 0.2) is 0 Å². The maximum absolute atomic E-state index is 6.43. The minimum Gasteiger partial charge on any atom is -0.328 e. The van der Waals surface area contributed by atoms with Gasteiger partial charge in [-0.1, -0.05) is 60.8 Å². The van der Waals surface area contributed by atoms with Crippen LogP contribution >= 0.6 is 0 Å². The lowest BCUT2D eigenvalue weighted by Crippen LogP contribution is -2.60. The highest BCUT2D eigenvalue weighted by atomic mass is 14.7. The van der Waals surface area contributed by atoms with E-state index in [1.54, 1.807) is 0 Å². The van der Waals surface area contributed by atoms with E-state index in [9.17, 15) is 0 Å². The lowest BCUT2D eigenvalue weighted by atomic mass is 9.38. The molecule has 168 valence electrons. The molecular weight excluding hydrogens is 350 g/mol. The highest BCUT2D eigenvalue weighted by molar-refractivity contribution is 5.14. The average molecular weight is 402 g/mol. The van der Waals surface area contributed by atoms with Crippen molar-refractivity contribution in [1.29, 1.82) is 0 Å². The molecule has 0 amide bonds. The lowest BCUT2D eigenvalue weighted by Gasteiger charge is -2.67. The molecule has 0 heterocycles. The van der Waals surface area contributed by atoms with Gasteiger partial charge in [-0.2, -0.15) is 0 Å². The average Bonchev–Trinajstić information content (AvgIpc) is 3.00. The Labute approximate surface area is 182 Å². The van der Waals surface area contributed by atoms with Gasteiger partial charge in [0.2, 0.25) is 0 Å². The Kier molecular flexibility index (Phi) is 5.98. The van der Waals surface area contributed by atoms with Crippen LogP contribution in [0.3, 0.4) is 0 Å². The first-order valence-electron chi connectivity index (χ1n) is 13.4. The van der Waals surface area contributed by atoms with E-state index in [-0.39, 0.29) is 0 Å². The fraction of sp³-hybridized carbons (Fsp3) is 1.00. The number of hydrogen-bond acceptors (Lipinski definition) is 1. The third kappa shape index (κ3) is 3.44. The van der Waals surface area contributed by atoms with Gasteiger partial charge in [-0.25, -0.2) is 0 Å². The monoisotopic (exact) mass is 401 g/mol. The standard InChI is InChI=1S/C28H51N/c1-19(2)8-7-9-20(3)23-12-13-24-25-11-10-21-18-22(29)14-15-27(21,5)28(25,6)17-16-26(23,24)4/h19-25H,7-18,29H2,1-6H3/t20?,21-,22+,23+,24-,25-,26+,27-,28-/m0/s1. The molecule has 0 bridgehead atoms. The Bertz CT molecular complexity index is 583. The summed E-state index contributed by atoms with van der Waals surface area (Å²) in [5, 5.41) is 0. The van der Waals surface area contributed by atoms with Crippen LogP contribution < -0.4 is 5.73 Å². The summed E-state index contributed by atoms with van der Waals surface area (Å²) in [7, 11) is 0. The highest BCUT2D eigenvalue weighted by Gasteiger charge is 2.65. The Morgan fingerprint density at radius 2 is 1.52 bits per heavy atom. The van der Waals surface area contributed by atoms with Crippen LogP contribution in [0.4, 0.5) is 0 Å². The smallest absolute Gasteiger partial charge is 0.00418 e. The molecule has 4 aliphatic rings. The van der Waals surface area contributed by atoms with Gasteiger partial charge in [0.15, 0.2) is 0 Å². The van der Waals surface area contributed by atoms with Crippen LogP contribution in [0.25, 0.3) is 0 Å². The summed E-state index contributed by atoms with van der Waals surface area (Å²) in [5.41, 5.74) is 8.16. The van der Waals surface area contributed by atoms with Gasteiger partial charge in [-0.05, 0) is 110 Å². The fourth-order valence-corrected chi connectivity index (χ4v) is 9.70. The van der Waals surface area contributed by atoms with Crippen molar-refractivity contribution in [2.45, 2.75) is 125 Å². The van der Waals surface area contributed by atoms with Crippen LogP contribution in [0.1, 0.15) is 119 Å². The zero-order chi connectivity index (χ0) is 21.0. The summed E-state index contributed by atoms with van der Waals surface area (Å²) >= 11 is 0. The zero-order valence-corrected chi connectivity index (χ0v) is 20.6. The molecule has 9 atom stereocenters. The minimum atomic E-state index is 0.477. The maximum atomic E-state index is 6.43. The molecule has 4 rings (SSSR count). The molecule has 29 heavy (non-hydrogen) atoms. The van der Waals surface area contributed by atoms with Crippen molar-refractivity contribution < 1.29 is 0 Å². The summed E-state index contributed by atoms with van der Waals surface area (Å²) in [6.07, 6.45) is 17.3. The topological polar surface area (TPSA) is 26.0 Å². The highest BCUT2D eigenvalue weighted by Crippen LogP contribution is 2.73. The Hall–Kier alpha value is -0.0400. The zero-order valence-electron chi connectivity index (χ0n) is 20.6. The fourth-order valence-electron chi connectivity index (χ4n) is 9.70. The van der Waals surface area contributed by atoms with E-state index in [0.717, 1.165) is 35.5 Å². The Morgan fingerprint density at radius 1 is 0.793 bits per heavy atom. The molecule has 4 saturated carbocycles. The maximum Gasteiger partial charge on any atom is 0.00418 e. The molecule has 1 unspecified atom stereocenters. The molecule has 1 nitrogen and oxygen atoms in total. The van der Waals surface area contributed by atoms with E-state index in [2.05, 4.69) is 41.5 Å². The SMILES string of the molecule is CC(C)CCCC(C)[C@H]1CC[C@H]2[C@@H]3CC[C@H]4C[C@H](N)CC[C@]4(C)[C@@]3(C)CC[C@]12C. The predicted octanol–water partition coefficient (Wildman–Crippen LogP) is 7.83. The van der Waals surface area contributed by atoms with Crippen molar-refractivity contribution in [2.75, 3.05) is 0 Å². The molecule has 0 aliphatic heterocycles. The molecule has 0 aromatic rings. The Balaban J connectivity index is 1.51. The first-order valence-corrected chi connectivity index (χ1v) is 13.4. The molecule has 0 spiro atoms. The second-order valence-corrected chi connectivity index (χ2v) is 13.3. The normalized spacial score (nSPS) is 50.7. The van der Waals surface area contributed by atoms with Crippen LogP contribution in [0.5, 0.6) is 0 Å². The minimum absolute atomic E-state index is 0.477. The van der Waals surface area contributed by atoms with Gasteiger partial charge < -0.3 is 5.73 Å². The van der Waals surface area contributed by atoms with Gasteiger partial charge >= 0.3 is 0 Å². The molecule has 0 saturated heterocycles. The van der Waals surface area contributed by atoms with Crippen molar-refractivity contribution in [1.82, 2.24) is 0 Å². The number of fused-ring (bicyclic) bond motifs is 5. The number of nitrogens with two attached hydrogens (primary N) is 1. The molecular formula is C28H51N. The summed E-state index contributed by atoms with van der Waals surface area (Å²) in [6, 6.07) is 0.477. The second kappa shape index (κ2) is 7.83. The summed E-state index contributed by atoms with van der Waals surface area (Å²) < 4.78 is 0. The van der Waals surface area contributed by atoms with Crippen molar-refractivity contribution in [2.24, 2.45) is 57.5 Å². The largest absolute Gasteiger partial charge is 0.328 e. The van der Waals surface area contributed by atoms with Crippen LogP contribution in [-0.4, -0.2) is 6.04 Å². The summed E-state index contributed by atoms with van der Waals surface area (Å²) in [6.45, 7) is 15.5. The summed E-state index contributed by atoms with van der Waals surface area (Å²) in [4.78, 5) is 0. The van der Waals surface area contributed by atoms with Gasteiger partial charge in [0.1, 0.15) is 0 Å². The van der Waals surface area contributed by atoms with Crippen LogP contribution in [0, 0.1) is 51.8 Å². The number of rotatable bonds is 5. The van der Waals surface area contributed by atoms with Gasteiger partial charge in [0.05, 0.1) is 0 Å². The summed E-state index contributed by atoms with van der Waals surface area (Å²) in [5.74, 6) is 5.63. The van der Waals surface area contributed by atoms with E-state index >= 15 is 0 Å². The lowest BCUT2D eigenvalue weighted by molar-refractivity contribution is -0.177. The quantitative estimate of drug-likeness (QED) is 0.499. The van der Waals surface area contributed by atoms with Gasteiger partial charge in [0, 0.05) is 6.04 Å². The first kappa shape index (κ1) is 22.2. The predicted molar refractivity (Wildman–Crippen MR) is 126 cm³/mol. The van der Waals surface area contributed by atoms with Crippen molar-refractivity contribution in [3.63, 3.8) is 0 Å². The van der Waals surface area contributed by atoms with Gasteiger partial charge in [-0.3, -0.25) is 0 Å². The van der Waals surface area contributed by atoms with Gasteiger partial charge in [-0.15, -0.1) is 0 Å². The van der Waals surface area contributed by atoms with E-state index < -0.39 is 0 Å². The van der Waals surface area contributed by atoms with Crippen LogP contribution in [-0.2, 0) is 0 Å². The molecule has 0 aromatic carbocycles.